The summed E-state index contributed by atoms with van der Waals surface area (Å²) in [5, 5.41) is 13.8. The molecule has 2 amide bonds. The molecular formula is C20H23N5O4. The molecule has 0 spiro atoms. The van der Waals surface area contributed by atoms with Gasteiger partial charge in [-0.25, -0.2) is 4.98 Å². The van der Waals surface area contributed by atoms with E-state index in [1.54, 1.807) is 42.9 Å². The Morgan fingerprint density at radius 2 is 1.83 bits per heavy atom. The van der Waals surface area contributed by atoms with E-state index >= 15 is 0 Å². The van der Waals surface area contributed by atoms with Gasteiger partial charge in [0.25, 0.3) is 0 Å². The SMILES string of the molecule is O=C(O)CNC(=O)Cc1ccc(NC(=O)C2CCN(c3cnccn3)CC2)cc1. The van der Waals surface area contributed by atoms with Crippen molar-refractivity contribution in [3.05, 3.63) is 48.4 Å². The molecule has 2 aromatic rings. The molecule has 1 aromatic heterocycles. The number of amides is 2. The van der Waals surface area contributed by atoms with Crippen molar-refractivity contribution in [1.82, 2.24) is 15.3 Å². The van der Waals surface area contributed by atoms with E-state index in [2.05, 4.69) is 25.5 Å². The molecule has 0 atom stereocenters. The summed E-state index contributed by atoms with van der Waals surface area (Å²) in [6, 6.07) is 6.97. The summed E-state index contributed by atoms with van der Waals surface area (Å²) in [5.74, 6) is -0.701. The van der Waals surface area contributed by atoms with E-state index in [-0.39, 0.29) is 24.2 Å². The van der Waals surface area contributed by atoms with Crippen LogP contribution in [-0.4, -0.2) is 52.5 Å². The van der Waals surface area contributed by atoms with Gasteiger partial charge in [0.05, 0.1) is 12.6 Å². The molecule has 0 bridgehead atoms. The summed E-state index contributed by atoms with van der Waals surface area (Å²) in [4.78, 5) is 45.2. The van der Waals surface area contributed by atoms with Crippen molar-refractivity contribution in [1.29, 1.82) is 0 Å². The van der Waals surface area contributed by atoms with Crippen molar-refractivity contribution in [3.8, 4) is 0 Å². The molecule has 0 unspecified atom stereocenters. The number of rotatable bonds is 7. The van der Waals surface area contributed by atoms with Gasteiger partial charge in [0.2, 0.25) is 11.8 Å². The van der Waals surface area contributed by atoms with Crippen molar-refractivity contribution >= 4 is 29.3 Å². The highest BCUT2D eigenvalue weighted by atomic mass is 16.4. The van der Waals surface area contributed by atoms with E-state index < -0.39 is 12.5 Å². The Balaban J connectivity index is 1.46. The largest absolute Gasteiger partial charge is 0.480 e. The fourth-order valence-corrected chi connectivity index (χ4v) is 3.20. The third-order valence-corrected chi connectivity index (χ3v) is 4.76. The average Bonchev–Trinajstić information content (AvgIpc) is 2.74. The number of nitrogens with one attached hydrogen (secondary N) is 2. The number of anilines is 2. The molecule has 0 saturated carbocycles. The van der Waals surface area contributed by atoms with Crippen LogP contribution in [0.25, 0.3) is 0 Å². The minimum atomic E-state index is -1.08. The lowest BCUT2D eigenvalue weighted by Crippen LogP contribution is -2.38. The van der Waals surface area contributed by atoms with Crippen LogP contribution < -0.4 is 15.5 Å². The van der Waals surface area contributed by atoms with Crippen molar-refractivity contribution in [2.24, 2.45) is 5.92 Å². The molecule has 1 aromatic carbocycles. The number of aliphatic carboxylic acids is 1. The lowest BCUT2D eigenvalue weighted by molar-refractivity contribution is -0.137. The van der Waals surface area contributed by atoms with Gasteiger partial charge in [-0.1, -0.05) is 12.1 Å². The number of carbonyl (C=O) groups excluding carboxylic acids is 2. The molecule has 3 rings (SSSR count). The second kappa shape index (κ2) is 9.63. The van der Waals surface area contributed by atoms with Gasteiger partial charge in [-0.3, -0.25) is 19.4 Å². The number of aromatic nitrogens is 2. The van der Waals surface area contributed by atoms with Gasteiger partial charge in [-0.05, 0) is 30.5 Å². The van der Waals surface area contributed by atoms with E-state index in [0.717, 1.165) is 37.3 Å². The summed E-state index contributed by atoms with van der Waals surface area (Å²) in [6.45, 7) is 1.10. The number of carboxylic acids is 1. The highest BCUT2D eigenvalue weighted by molar-refractivity contribution is 5.92. The fraction of sp³-hybridized carbons (Fsp3) is 0.350. The molecule has 9 nitrogen and oxygen atoms in total. The average molecular weight is 397 g/mol. The van der Waals surface area contributed by atoms with Crippen LogP contribution in [0, 0.1) is 5.92 Å². The smallest absolute Gasteiger partial charge is 0.322 e. The van der Waals surface area contributed by atoms with Crippen LogP contribution in [0.1, 0.15) is 18.4 Å². The van der Waals surface area contributed by atoms with Crippen molar-refractivity contribution in [2.75, 3.05) is 29.9 Å². The summed E-state index contributed by atoms with van der Waals surface area (Å²) in [6.07, 6.45) is 6.59. The number of nitrogens with zero attached hydrogens (tertiary/aromatic N) is 3. The van der Waals surface area contributed by atoms with E-state index in [9.17, 15) is 14.4 Å². The fourth-order valence-electron chi connectivity index (χ4n) is 3.20. The summed E-state index contributed by atoms with van der Waals surface area (Å²) in [7, 11) is 0. The monoisotopic (exact) mass is 397 g/mol. The summed E-state index contributed by atoms with van der Waals surface area (Å²) in [5.41, 5.74) is 1.41. The van der Waals surface area contributed by atoms with Crippen molar-refractivity contribution in [3.63, 3.8) is 0 Å². The van der Waals surface area contributed by atoms with Gasteiger partial charge in [-0.15, -0.1) is 0 Å². The zero-order valence-electron chi connectivity index (χ0n) is 15.9. The van der Waals surface area contributed by atoms with E-state index in [0.29, 0.717) is 5.69 Å². The first-order valence-corrected chi connectivity index (χ1v) is 9.40. The molecule has 1 fully saturated rings. The summed E-state index contributed by atoms with van der Waals surface area (Å²) < 4.78 is 0. The highest BCUT2D eigenvalue weighted by Crippen LogP contribution is 2.22. The highest BCUT2D eigenvalue weighted by Gasteiger charge is 2.25. The van der Waals surface area contributed by atoms with Crippen molar-refractivity contribution in [2.45, 2.75) is 19.3 Å². The Morgan fingerprint density at radius 1 is 1.10 bits per heavy atom. The second-order valence-corrected chi connectivity index (χ2v) is 6.86. The van der Waals surface area contributed by atoms with Crippen LogP contribution in [0.4, 0.5) is 11.5 Å². The third kappa shape index (κ3) is 6.00. The molecule has 1 saturated heterocycles. The van der Waals surface area contributed by atoms with Crippen LogP contribution in [-0.2, 0) is 20.8 Å². The lowest BCUT2D eigenvalue weighted by atomic mass is 9.96. The zero-order valence-corrected chi connectivity index (χ0v) is 15.9. The van der Waals surface area contributed by atoms with Gasteiger partial charge >= 0.3 is 5.97 Å². The topological polar surface area (TPSA) is 125 Å². The quantitative estimate of drug-likeness (QED) is 0.638. The predicted octanol–water partition coefficient (Wildman–Crippen LogP) is 1.08. The molecule has 29 heavy (non-hydrogen) atoms. The molecule has 9 heteroatoms. The zero-order chi connectivity index (χ0) is 20.6. The minimum absolute atomic E-state index is 0.0178. The first kappa shape index (κ1) is 20.2. The van der Waals surface area contributed by atoms with Crippen LogP contribution in [0.15, 0.2) is 42.9 Å². The Kier molecular flexibility index (Phi) is 6.72. The molecule has 0 aliphatic carbocycles. The Bertz CT molecular complexity index is 849. The van der Waals surface area contributed by atoms with Gasteiger partial charge < -0.3 is 20.6 Å². The molecular weight excluding hydrogens is 374 g/mol. The minimum Gasteiger partial charge on any atom is -0.480 e. The predicted molar refractivity (Wildman–Crippen MR) is 106 cm³/mol. The number of benzene rings is 1. The number of carboxylic acid groups (broad SMARTS) is 1. The van der Waals surface area contributed by atoms with Crippen LogP contribution in [0.5, 0.6) is 0 Å². The maximum Gasteiger partial charge on any atom is 0.322 e. The van der Waals surface area contributed by atoms with E-state index in [1.165, 1.54) is 0 Å². The molecule has 152 valence electrons. The van der Waals surface area contributed by atoms with Gasteiger partial charge in [-0.2, -0.15) is 0 Å². The molecule has 3 N–H and O–H groups in total. The maximum atomic E-state index is 12.5. The van der Waals surface area contributed by atoms with Gasteiger partial charge in [0.15, 0.2) is 0 Å². The maximum absolute atomic E-state index is 12.5. The lowest BCUT2D eigenvalue weighted by Gasteiger charge is -2.31. The Labute approximate surface area is 168 Å². The third-order valence-electron chi connectivity index (χ3n) is 4.76. The van der Waals surface area contributed by atoms with Gasteiger partial charge in [0, 0.05) is 37.1 Å². The van der Waals surface area contributed by atoms with Crippen molar-refractivity contribution < 1.29 is 19.5 Å². The number of hydrogen-bond donors (Lipinski definition) is 3. The molecule has 0 radical (unpaired) electrons. The molecule has 2 heterocycles. The van der Waals surface area contributed by atoms with Crippen LogP contribution in [0.3, 0.4) is 0 Å². The van der Waals surface area contributed by atoms with Crippen LogP contribution in [0.2, 0.25) is 0 Å². The van der Waals surface area contributed by atoms with E-state index in [4.69, 9.17) is 5.11 Å². The Morgan fingerprint density at radius 3 is 2.45 bits per heavy atom. The first-order chi connectivity index (χ1) is 14.0. The van der Waals surface area contributed by atoms with Gasteiger partial charge in [0.1, 0.15) is 12.4 Å². The van der Waals surface area contributed by atoms with E-state index in [1.807, 2.05) is 0 Å². The second-order valence-electron chi connectivity index (χ2n) is 6.86. The molecule has 1 aliphatic heterocycles. The summed E-state index contributed by atoms with van der Waals surface area (Å²) >= 11 is 0. The Hall–Kier alpha value is -3.49. The first-order valence-electron chi connectivity index (χ1n) is 9.40. The number of carbonyl (C=O) groups is 3. The normalized spacial score (nSPS) is 14.3. The number of hydrogen-bond acceptors (Lipinski definition) is 6. The number of piperidine rings is 1. The molecule has 1 aliphatic rings. The van der Waals surface area contributed by atoms with Crippen LogP contribution >= 0.6 is 0 Å². The standard InChI is InChI=1S/C20H23N5O4/c26-18(23-13-19(27)28)11-14-1-3-16(4-2-14)24-20(29)15-5-9-25(10-6-15)17-12-21-7-8-22-17/h1-4,7-8,12,15H,5-6,9-11,13H2,(H,23,26)(H,24,29)(H,27,28).